The number of piperazine rings is 1. The maximum absolute atomic E-state index is 12.3. The van der Waals surface area contributed by atoms with Gasteiger partial charge in [0, 0.05) is 67.6 Å². The molecule has 0 bridgehead atoms. The highest BCUT2D eigenvalue weighted by Crippen LogP contribution is 2.29. The van der Waals surface area contributed by atoms with Gasteiger partial charge in [-0.2, -0.15) is 0 Å². The molecule has 1 saturated heterocycles. The molecule has 2 N–H and O–H groups in total. The molecule has 1 aliphatic heterocycles. The highest BCUT2D eigenvalue weighted by atomic mass is 16.1. The summed E-state index contributed by atoms with van der Waals surface area (Å²) in [6, 6.07) is 18.1. The van der Waals surface area contributed by atoms with E-state index in [2.05, 4.69) is 61.7 Å². The number of anilines is 4. The van der Waals surface area contributed by atoms with E-state index in [4.69, 9.17) is 4.98 Å². The lowest BCUT2D eigenvalue weighted by Crippen LogP contribution is -2.44. The lowest BCUT2D eigenvalue weighted by Gasteiger charge is -2.34. The first-order valence-corrected chi connectivity index (χ1v) is 13.1. The summed E-state index contributed by atoms with van der Waals surface area (Å²) in [7, 11) is 6.08. The van der Waals surface area contributed by atoms with Gasteiger partial charge in [0.15, 0.2) is 0 Å². The third kappa shape index (κ3) is 6.76. The summed E-state index contributed by atoms with van der Waals surface area (Å²) < 4.78 is 0. The largest absolute Gasteiger partial charge is 0.369 e. The van der Waals surface area contributed by atoms with Gasteiger partial charge in [-0.05, 0) is 69.2 Å². The number of hydrogen-bond acceptors (Lipinski definition) is 8. The normalized spacial score (nSPS) is 14.3. The zero-order valence-corrected chi connectivity index (χ0v) is 22.6. The third-order valence-electron chi connectivity index (χ3n) is 6.65. The number of carbonyl (C=O) groups excluding carboxylic acids is 1. The molecule has 1 amide bonds. The van der Waals surface area contributed by atoms with Crippen LogP contribution in [0.2, 0.25) is 0 Å². The summed E-state index contributed by atoms with van der Waals surface area (Å²) in [4.78, 5) is 32.8. The first-order chi connectivity index (χ1) is 18.9. The monoisotopic (exact) mass is 522 g/mol. The van der Waals surface area contributed by atoms with Crippen molar-refractivity contribution in [1.82, 2.24) is 24.8 Å². The molecule has 0 radical (unpaired) electrons. The summed E-state index contributed by atoms with van der Waals surface area (Å²) in [6.45, 7) is 4.91. The van der Waals surface area contributed by atoms with Crippen molar-refractivity contribution in [2.45, 2.75) is 0 Å². The van der Waals surface area contributed by atoms with Crippen LogP contribution in [0.1, 0.15) is 0 Å². The van der Waals surface area contributed by atoms with E-state index < -0.39 is 0 Å². The van der Waals surface area contributed by atoms with E-state index in [9.17, 15) is 4.79 Å². The Kier molecular flexibility index (Phi) is 8.10. The Bertz CT molecular complexity index is 1460. The van der Waals surface area contributed by atoms with Crippen LogP contribution in [0, 0.1) is 0 Å². The molecular formula is C30H34N8O. The SMILES string of the molecule is CN(C)CC=CC(=O)Nc1cccc(-c2ccnc3cnc(Nc4ccc(N5CCN(C)CC5)cc4)nc23)c1. The van der Waals surface area contributed by atoms with Crippen molar-refractivity contribution in [2.75, 3.05) is 69.4 Å². The Morgan fingerprint density at radius 2 is 1.79 bits per heavy atom. The van der Waals surface area contributed by atoms with Crippen LogP contribution in [0.15, 0.2) is 79.1 Å². The number of amides is 1. The van der Waals surface area contributed by atoms with Gasteiger partial charge in [0.05, 0.1) is 6.20 Å². The average molecular weight is 523 g/mol. The molecule has 5 rings (SSSR count). The smallest absolute Gasteiger partial charge is 0.248 e. The van der Waals surface area contributed by atoms with Crippen LogP contribution in [0.5, 0.6) is 0 Å². The maximum atomic E-state index is 12.3. The molecule has 0 aliphatic carbocycles. The number of aromatic nitrogens is 3. The van der Waals surface area contributed by atoms with Crippen molar-refractivity contribution >= 4 is 40.0 Å². The van der Waals surface area contributed by atoms with Crippen molar-refractivity contribution in [3.8, 4) is 11.1 Å². The standard InChI is InChI=1S/C30H34N8O/c1-36(2)15-5-8-28(39)33-24-7-4-6-22(20-24)26-13-14-31-27-21-32-30(35-29(26)27)34-23-9-11-25(12-10-23)38-18-16-37(3)17-19-38/h4-14,20-21H,15-19H2,1-3H3,(H,33,39)(H,32,34,35). The lowest BCUT2D eigenvalue weighted by atomic mass is 10.0. The molecule has 0 unspecified atom stereocenters. The number of nitrogens with one attached hydrogen (secondary N) is 2. The second-order valence-corrected chi connectivity index (χ2v) is 9.98. The minimum absolute atomic E-state index is 0.166. The number of nitrogens with zero attached hydrogens (tertiary/aromatic N) is 6. The minimum Gasteiger partial charge on any atom is -0.369 e. The molecule has 2 aromatic carbocycles. The van der Waals surface area contributed by atoms with Crippen molar-refractivity contribution in [3.63, 3.8) is 0 Å². The molecule has 0 atom stereocenters. The van der Waals surface area contributed by atoms with Crippen LogP contribution in [0.3, 0.4) is 0 Å². The predicted octanol–water partition coefficient (Wildman–Crippen LogP) is 4.24. The highest BCUT2D eigenvalue weighted by molar-refractivity contribution is 6.00. The van der Waals surface area contributed by atoms with E-state index in [1.807, 2.05) is 55.4 Å². The summed E-state index contributed by atoms with van der Waals surface area (Å²) in [5.41, 5.74) is 6.13. The summed E-state index contributed by atoms with van der Waals surface area (Å²) in [6.07, 6.45) is 6.87. The zero-order valence-electron chi connectivity index (χ0n) is 22.6. The molecule has 200 valence electrons. The Hall–Kier alpha value is -4.34. The fourth-order valence-corrected chi connectivity index (χ4v) is 4.50. The quantitative estimate of drug-likeness (QED) is 0.332. The van der Waals surface area contributed by atoms with Crippen molar-refractivity contribution in [2.24, 2.45) is 0 Å². The van der Waals surface area contributed by atoms with Crippen molar-refractivity contribution in [1.29, 1.82) is 0 Å². The van der Waals surface area contributed by atoms with Crippen molar-refractivity contribution < 1.29 is 4.79 Å². The molecule has 2 aromatic heterocycles. The lowest BCUT2D eigenvalue weighted by molar-refractivity contribution is -0.111. The van der Waals surface area contributed by atoms with Crippen LogP contribution in [0.4, 0.5) is 23.0 Å². The number of rotatable bonds is 8. The first-order valence-electron chi connectivity index (χ1n) is 13.1. The Balaban J connectivity index is 1.34. The average Bonchev–Trinajstić information content (AvgIpc) is 2.93. The topological polar surface area (TPSA) is 89.5 Å². The Morgan fingerprint density at radius 3 is 2.56 bits per heavy atom. The van der Waals surface area contributed by atoms with E-state index in [0.29, 0.717) is 23.7 Å². The molecule has 1 fully saturated rings. The highest BCUT2D eigenvalue weighted by Gasteiger charge is 2.14. The van der Waals surface area contributed by atoms with Gasteiger partial charge in [-0.3, -0.25) is 9.78 Å². The van der Waals surface area contributed by atoms with Crippen LogP contribution < -0.4 is 15.5 Å². The molecule has 9 heteroatoms. The molecule has 1 aliphatic rings. The van der Waals surface area contributed by atoms with Gasteiger partial charge >= 0.3 is 0 Å². The number of hydrogen-bond donors (Lipinski definition) is 2. The molecule has 39 heavy (non-hydrogen) atoms. The Labute approximate surface area is 229 Å². The maximum Gasteiger partial charge on any atom is 0.248 e. The molecule has 0 spiro atoms. The van der Waals surface area contributed by atoms with E-state index in [1.54, 1.807) is 18.5 Å². The first kappa shape index (κ1) is 26.3. The van der Waals surface area contributed by atoms with Crippen LogP contribution in [0.25, 0.3) is 22.2 Å². The fourth-order valence-electron chi connectivity index (χ4n) is 4.50. The van der Waals surface area contributed by atoms with E-state index in [1.165, 1.54) is 5.69 Å². The van der Waals surface area contributed by atoms with Gasteiger partial charge in [0.2, 0.25) is 11.9 Å². The third-order valence-corrected chi connectivity index (χ3v) is 6.65. The fraction of sp³-hybridized carbons (Fsp3) is 0.267. The van der Waals surface area contributed by atoms with Gasteiger partial charge in [-0.1, -0.05) is 18.2 Å². The summed E-state index contributed by atoms with van der Waals surface area (Å²) >= 11 is 0. The van der Waals surface area contributed by atoms with Gasteiger partial charge in [0.1, 0.15) is 11.0 Å². The number of fused-ring (bicyclic) bond motifs is 1. The number of benzene rings is 2. The van der Waals surface area contributed by atoms with Gasteiger partial charge < -0.3 is 25.3 Å². The second-order valence-electron chi connectivity index (χ2n) is 9.98. The number of pyridine rings is 1. The number of carbonyl (C=O) groups is 1. The van der Waals surface area contributed by atoms with E-state index in [-0.39, 0.29) is 5.91 Å². The van der Waals surface area contributed by atoms with Gasteiger partial charge in [0.25, 0.3) is 0 Å². The Morgan fingerprint density at radius 1 is 1.00 bits per heavy atom. The molecule has 3 heterocycles. The predicted molar refractivity (Wildman–Crippen MR) is 159 cm³/mol. The second kappa shape index (κ2) is 12.0. The number of likely N-dealkylation sites (N-methyl/N-ethyl adjacent to an activating group) is 2. The molecule has 0 saturated carbocycles. The summed E-state index contributed by atoms with van der Waals surface area (Å²) in [5, 5.41) is 6.27. The molecular weight excluding hydrogens is 488 g/mol. The van der Waals surface area contributed by atoms with Crippen LogP contribution in [-0.2, 0) is 4.79 Å². The van der Waals surface area contributed by atoms with E-state index >= 15 is 0 Å². The van der Waals surface area contributed by atoms with Crippen LogP contribution >= 0.6 is 0 Å². The van der Waals surface area contributed by atoms with Gasteiger partial charge in [-0.15, -0.1) is 0 Å². The summed E-state index contributed by atoms with van der Waals surface area (Å²) in [5.74, 6) is 0.334. The molecule has 9 nitrogen and oxygen atoms in total. The van der Waals surface area contributed by atoms with Crippen LogP contribution in [-0.4, -0.2) is 84.5 Å². The van der Waals surface area contributed by atoms with Crippen molar-refractivity contribution in [3.05, 3.63) is 79.1 Å². The molecule has 4 aromatic rings. The van der Waals surface area contributed by atoms with E-state index in [0.717, 1.165) is 48.5 Å². The zero-order chi connectivity index (χ0) is 27.2. The minimum atomic E-state index is -0.166. The van der Waals surface area contributed by atoms with Gasteiger partial charge in [-0.25, -0.2) is 9.97 Å².